The molecule has 0 fully saturated rings. The van der Waals surface area contributed by atoms with Crippen molar-refractivity contribution >= 4 is 27.9 Å². The van der Waals surface area contributed by atoms with E-state index in [1.807, 2.05) is 44.2 Å². The maximum atomic E-state index is 12.8. The van der Waals surface area contributed by atoms with E-state index in [2.05, 4.69) is 0 Å². The van der Waals surface area contributed by atoms with Crippen molar-refractivity contribution < 1.29 is 23.1 Å². The molecule has 2 aromatic heterocycles. The van der Waals surface area contributed by atoms with Gasteiger partial charge < -0.3 is 18.3 Å². The van der Waals surface area contributed by atoms with Crippen molar-refractivity contribution in [3.8, 4) is 0 Å². The van der Waals surface area contributed by atoms with Gasteiger partial charge in [-0.3, -0.25) is 0 Å². The highest BCUT2D eigenvalue weighted by Crippen LogP contribution is 2.28. The molecule has 6 heteroatoms. The van der Waals surface area contributed by atoms with Crippen LogP contribution in [0.5, 0.6) is 0 Å². The second-order valence-electron chi connectivity index (χ2n) is 6.94. The molecule has 4 aromatic rings. The van der Waals surface area contributed by atoms with Crippen LogP contribution in [-0.2, 0) is 22.7 Å². The molecule has 0 bridgehead atoms. The molecule has 0 aliphatic heterocycles. The zero-order valence-corrected chi connectivity index (χ0v) is 16.4. The van der Waals surface area contributed by atoms with Gasteiger partial charge in [0.15, 0.2) is 0 Å². The molecule has 148 valence electrons. The maximum Gasteiger partial charge on any atom is 0.374 e. The highest BCUT2D eigenvalue weighted by atomic mass is 16.5. The van der Waals surface area contributed by atoms with E-state index in [0.29, 0.717) is 22.3 Å². The number of hydrogen-bond acceptors (Lipinski definition) is 6. The summed E-state index contributed by atoms with van der Waals surface area (Å²) in [7, 11) is 1.55. The van der Waals surface area contributed by atoms with Gasteiger partial charge in [-0.25, -0.2) is 9.59 Å². The molecule has 0 amide bonds. The summed E-state index contributed by atoms with van der Waals surface area (Å²) in [6, 6.07) is 12.4. The molecule has 2 heterocycles. The fraction of sp³-hybridized carbons (Fsp3) is 0.217. The molecule has 0 saturated heterocycles. The van der Waals surface area contributed by atoms with Crippen LogP contribution in [0.15, 0.2) is 56.1 Å². The molecule has 0 saturated carbocycles. The van der Waals surface area contributed by atoms with Crippen molar-refractivity contribution in [3.63, 3.8) is 0 Å². The van der Waals surface area contributed by atoms with E-state index in [-0.39, 0.29) is 19.0 Å². The predicted octanol–water partition coefficient (Wildman–Crippen LogP) is 4.66. The Hall–Kier alpha value is -3.38. The number of para-hydroxylation sites is 1. The number of rotatable bonds is 5. The molecule has 0 spiro atoms. The molecule has 2 aromatic carbocycles. The van der Waals surface area contributed by atoms with E-state index in [9.17, 15) is 9.59 Å². The SMILES string of the molecule is COCc1c(C(=O)OCc2cc(=O)oc3cc(C)c(C)cc23)oc2ccccc12. The Morgan fingerprint density at radius 1 is 0.931 bits per heavy atom. The lowest BCUT2D eigenvalue weighted by Gasteiger charge is -2.09. The molecule has 29 heavy (non-hydrogen) atoms. The van der Waals surface area contributed by atoms with E-state index in [0.717, 1.165) is 21.9 Å². The second kappa shape index (κ2) is 7.56. The number of esters is 1. The summed E-state index contributed by atoms with van der Waals surface area (Å²) >= 11 is 0. The summed E-state index contributed by atoms with van der Waals surface area (Å²) in [5.41, 5.74) is 3.85. The van der Waals surface area contributed by atoms with Crippen LogP contribution >= 0.6 is 0 Å². The van der Waals surface area contributed by atoms with Crippen molar-refractivity contribution in [1.29, 1.82) is 0 Å². The Balaban J connectivity index is 1.67. The lowest BCUT2D eigenvalue weighted by Crippen LogP contribution is -2.09. The second-order valence-corrected chi connectivity index (χ2v) is 6.94. The van der Waals surface area contributed by atoms with Gasteiger partial charge in [-0.05, 0) is 43.2 Å². The van der Waals surface area contributed by atoms with Crippen LogP contribution < -0.4 is 5.63 Å². The monoisotopic (exact) mass is 392 g/mol. The number of carbonyl (C=O) groups excluding carboxylic acids is 1. The van der Waals surface area contributed by atoms with E-state index in [1.54, 1.807) is 13.2 Å². The number of benzene rings is 2. The topological polar surface area (TPSA) is 78.9 Å². The molecule has 0 unspecified atom stereocenters. The number of methoxy groups -OCH3 is 1. The van der Waals surface area contributed by atoms with Gasteiger partial charge in [-0.2, -0.15) is 0 Å². The van der Waals surface area contributed by atoms with E-state index < -0.39 is 11.6 Å². The minimum absolute atomic E-state index is 0.0765. The smallest absolute Gasteiger partial charge is 0.374 e. The molecule has 0 radical (unpaired) electrons. The fourth-order valence-corrected chi connectivity index (χ4v) is 3.36. The Bertz CT molecular complexity index is 1280. The van der Waals surface area contributed by atoms with Gasteiger partial charge >= 0.3 is 11.6 Å². The quantitative estimate of drug-likeness (QED) is 0.363. The average molecular weight is 392 g/mol. The first-order chi connectivity index (χ1) is 14.0. The Labute approximate surface area is 166 Å². The van der Waals surface area contributed by atoms with Crippen LogP contribution in [0.3, 0.4) is 0 Å². The predicted molar refractivity (Wildman–Crippen MR) is 108 cm³/mol. The van der Waals surface area contributed by atoms with Gasteiger partial charge in [0.2, 0.25) is 5.76 Å². The van der Waals surface area contributed by atoms with Crippen LogP contribution in [0.1, 0.15) is 32.8 Å². The molecular formula is C23H20O6. The number of hydrogen-bond donors (Lipinski definition) is 0. The van der Waals surface area contributed by atoms with Gasteiger partial charge in [0.05, 0.1) is 6.61 Å². The minimum Gasteiger partial charge on any atom is -0.455 e. The van der Waals surface area contributed by atoms with E-state index in [1.165, 1.54) is 6.07 Å². The van der Waals surface area contributed by atoms with Gasteiger partial charge in [-0.15, -0.1) is 0 Å². The first-order valence-corrected chi connectivity index (χ1v) is 9.18. The van der Waals surface area contributed by atoms with Crippen LogP contribution in [0.4, 0.5) is 0 Å². The van der Waals surface area contributed by atoms with Crippen molar-refractivity contribution in [2.75, 3.05) is 7.11 Å². The molecule has 4 rings (SSSR count). The number of ether oxygens (including phenoxy) is 2. The normalized spacial score (nSPS) is 11.3. The first kappa shape index (κ1) is 19.0. The minimum atomic E-state index is -0.613. The highest BCUT2D eigenvalue weighted by Gasteiger charge is 2.22. The Morgan fingerprint density at radius 2 is 1.69 bits per heavy atom. The summed E-state index contributed by atoms with van der Waals surface area (Å²) in [5.74, 6) is -0.508. The zero-order chi connectivity index (χ0) is 20.5. The van der Waals surface area contributed by atoms with E-state index >= 15 is 0 Å². The zero-order valence-electron chi connectivity index (χ0n) is 16.4. The average Bonchev–Trinajstić information content (AvgIpc) is 3.06. The lowest BCUT2D eigenvalue weighted by atomic mass is 10.0. The van der Waals surface area contributed by atoms with Gasteiger partial charge in [-0.1, -0.05) is 18.2 Å². The number of furan rings is 1. The molecule has 6 nitrogen and oxygen atoms in total. The summed E-state index contributed by atoms with van der Waals surface area (Å²) in [6.45, 7) is 4.06. The molecule has 0 N–H and O–H groups in total. The summed E-state index contributed by atoms with van der Waals surface area (Å²) in [6.07, 6.45) is 0. The highest BCUT2D eigenvalue weighted by molar-refractivity contribution is 5.96. The number of fused-ring (bicyclic) bond motifs is 2. The maximum absolute atomic E-state index is 12.8. The molecule has 0 aliphatic rings. The van der Waals surface area contributed by atoms with Gasteiger partial charge in [0, 0.05) is 35.1 Å². The molecule has 0 atom stereocenters. The summed E-state index contributed by atoms with van der Waals surface area (Å²) in [4.78, 5) is 24.7. The summed E-state index contributed by atoms with van der Waals surface area (Å²) in [5, 5.41) is 1.54. The Morgan fingerprint density at radius 3 is 2.48 bits per heavy atom. The van der Waals surface area contributed by atoms with Crippen LogP contribution in [0.25, 0.3) is 21.9 Å². The van der Waals surface area contributed by atoms with Gasteiger partial charge in [0.1, 0.15) is 17.8 Å². The standard InChI is InChI=1S/C23H20O6/c1-13-8-17-15(10-21(24)28-20(17)9-14(13)2)11-27-23(25)22-18(12-26-3)16-6-4-5-7-19(16)29-22/h4-10H,11-12H2,1-3H3. The first-order valence-electron chi connectivity index (χ1n) is 9.18. The summed E-state index contributed by atoms with van der Waals surface area (Å²) < 4.78 is 21.7. The third-order valence-corrected chi connectivity index (χ3v) is 4.98. The van der Waals surface area contributed by atoms with Crippen molar-refractivity contribution in [2.24, 2.45) is 0 Å². The fourth-order valence-electron chi connectivity index (χ4n) is 3.36. The number of aryl methyl sites for hydroxylation is 2. The Kier molecular flexibility index (Phi) is 4.94. The lowest BCUT2D eigenvalue weighted by molar-refractivity contribution is 0.0433. The van der Waals surface area contributed by atoms with Crippen LogP contribution in [-0.4, -0.2) is 13.1 Å². The van der Waals surface area contributed by atoms with Crippen LogP contribution in [0.2, 0.25) is 0 Å². The molecular weight excluding hydrogens is 372 g/mol. The largest absolute Gasteiger partial charge is 0.455 e. The third-order valence-electron chi connectivity index (χ3n) is 4.98. The van der Waals surface area contributed by atoms with Gasteiger partial charge in [0.25, 0.3) is 0 Å². The van der Waals surface area contributed by atoms with Crippen LogP contribution in [0, 0.1) is 13.8 Å². The van der Waals surface area contributed by atoms with E-state index in [4.69, 9.17) is 18.3 Å². The van der Waals surface area contributed by atoms with Crippen molar-refractivity contribution in [2.45, 2.75) is 27.1 Å². The van der Waals surface area contributed by atoms with Crippen molar-refractivity contribution in [3.05, 3.63) is 80.9 Å². The number of carbonyl (C=O) groups is 1. The third kappa shape index (κ3) is 3.54. The van der Waals surface area contributed by atoms with Crippen molar-refractivity contribution in [1.82, 2.24) is 0 Å². The molecule has 0 aliphatic carbocycles.